The molecule has 2 amide bonds. The second kappa shape index (κ2) is 7.88. The number of hydrogen-bond acceptors (Lipinski definition) is 6. The van der Waals surface area contributed by atoms with Crippen molar-refractivity contribution in [2.75, 3.05) is 10.6 Å². The Morgan fingerprint density at radius 3 is 2.48 bits per heavy atom. The molecular weight excluding hydrogens is 344 g/mol. The molecule has 0 spiro atoms. The molecule has 0 saturated carbocycles. The first-order valence-electron chi connectivity index (χ1n) is 8.54. The predicted molar refractivity (Wildman–Crippen MR) is 104 cm³/mol. The van der Waals surface area contributed by atoms with Gasteiger partial charge in [0.2, 0.25) is 11.8 Å². The number of anilines is 2. The van der Waals surface area contributed by atoms with Crippen LogP contribution < -0.4 is 16.4 Å². The van der Waals surface area contributed by atoms with Crippen LogP contribution in [0, 0.1) is 0 Å². The SMILES string of the molecule is CCC(N)C(=O)Nc1ccc2ncc(-c3ccc(NC(C)=O)cc3)nc2n1. The van der Waals surface area contributed by atoms with Crippen LogP contribution in [0.5, 0.6) is 0 Å². The van der Waals surface area contributed by atoms with Gasteiger partial charge in [-0.3, -0.25) is 14.6 Å². The van der Waals surface area contributed by atoms with Crippen molar-refractivity contribution in [3.63, 3.8) is 0 Å². The fourth-order valence-corrected chi connectivity index (χ4v) is 2.44. The van der Waals surface area contributed by atoms with Crippen molar-refractivity contribution in [2.24, 2.45) is 5.73 Å². The number of carbonyl (C=O) groups is 2. The molecule has 0 bridgehead atoms. The van der Waals surface area contributed by atoms with Gasteiger partial charge in [0.1, 0.15) is 11.3 Å². The number of nitrogens with zero attached hydrogens (tertiary/aromatic N) is 3. The van der Waals surface area contributed by atoms with E-state index >= 15 is 0 Å². The van der Waals surface area contributed by atoms with E-state index in [1.165, 1.54) is 6.92 Å². The highest BCUT2D eigenvalue weighted by atomic mass is 16.2. The summed E-state index contributed by atoms with van der Waals surface area (Å²) in [6, 6.07) is 10.1. The summed E-state index contributed by atoms with van der Waals surface area (Å²) < 4.78 is 0. The number of nitrogens with two attached hydrogens (primary N) is 1. The van der Waals surface area contributed by atoms with Crippen LogP contribution in [0.3, 0.4) is 0 Å². The second-order valence-electron chi connectivity index (χ2n) is 6.06. The van der Waals surface area contributed by atoms with Crippen LogP contribution in [0.2, 0.25) is 0 Å². The number of pyridine rings is 1. The maximum atomic E-state index is 11.9. The van der Waals surface area contributed by atoms with Crippen LogP contribution in [0.25, 0.3) is 22.4 Å². The van der Waals surface area contributed by atoms with Gasteiger partial charge in [0.25, 0.3) is 0 Å². The second-order valence-corrected chi connectivity index (χ2v) is 6.06. The third-order valence-electron chi connectivity index (χ3n) is 3.94. The molecule has 2 heterocycles. The molecule has 0 aliphatic carbocycles. The molecule has 2 aromatic heterocycles. The van der Waals surface area contributed by atoms with Crippen LogP contribution >= 0.6 is 0 Å². The van der Waals surface area contributed by atoms with E-state index in [4.69, 9.17) is 5.73 Å². The summed E-state index contributed by atoms with van der Waals surface area (Å²) in [5.41, 5.74) is 8.94. The molecule has 0 fully saturated rings. The molecule has 8 nitrogen and oxygen atoms in total. The zero-order chi connectivity index (χ0) is 19.4. The molecule has 8 heteroatoms. The first kappa shape index (κ1) is 18.4. The number of hydrogen-bond donors (Lipinski definition) is 3. The Bertz CT molecular complexity index is 987. The lowest BCUT2D eigenvalue weighted by molar-refractivity contribution is -0.117. The summed E-state index contributed by atoms with van der Waals surface area (Å²) in [7, 11) is 0. The first-order chi connectivity index (χ1) is 13.0. The lowest BCUT2D eigenvalue weighted by Gasteiger charge is -2.10. The molecule has 0 aliphatic rings. The Labute approximate surface area is 156 Å². The number of amides is 2. The average molecular weight is 364 g/mol. The molecule has 0 radical (unpaired) electrons. The minimum absolute atomic E-state index is 0.130. The first-order valence-corrected chi connectivity index (χ1v) is 8.54. The van der Waals surface area contributed by atoms with Gasteiger partial charge in [-0.1, -0.05) is 19.1 Å². The van der Waals surface area contributed by atoms with Gasteiger partial charge in [0.05, 0.1) is 17.9 Å². The van der Waals surface area contributed by atoms with Gasteiger partial charge in [-0.25, -0.2) is 9.97 Å². The van der Waals surface area contributed by atoms with Crippen LogP contribution in [-0.2, 0) is 9.59 Å². The van der Waals surface area contributed by atoms with E-state index < -0.39 is 6.04 Å². The zero-order valence-electron chi connectivity index (χ0n) is 15.1. The van der Waals surface area contributed by atoms with Gasteiger partial charge in [-0.2, -0.15) is 0 Å². The molecule has 3 aromatic rings. The fraction of sp³-hybridized carbons (Fsp3) is 0.211. The summed E-state index contributed by atoms with van der Waals surface area (Å²) >= 11 is 0. The van der Waals surface area contributed by atoms with Crippen molar-refractivity contribution < 1.29 is 9.59 Å². The van der Waals surface area contributed by atoms with Crippen molar-refractivity contribution in [3.8, 4) is 11.3 Å². The smallest absolute Gasteiger partial charge is 0.242 e. The highest BCUT2D eigenvalue weighted by Crippen LogP contribution is 2.21. The van der Waals surface area contributed by atoms with E-state index in [1.807, 2.05) is 19.1 Å². The normalized spacial score (nSPS) is 11.8. The minimum Gasteiger partial charge on any atom is -0.326 e. The lowest BCUT2D eigenvalue weighted by Crippen LogP contribution is -2.35. The molecular formula is C19H20N6O2. The van der Waals surface area contributed by atoms with E-state index in [-0.39, 0.29) is 11.8 Å². The van der Waals surface area contributed by atoms with Gasteiger partial charge in [0, 0.05) is 18.2 Å². The van der Waals surface area contributed by atoms with Crippen LogP contribution in [0.4, 0.5) is 11.5 Å². The van der Waals surface area contributed by atoms with E-state index in [0.29, 0.717) is 34.8 Å². The molecule has 0 aliphatic heterocycles. The number of rotatable bonds is 5. The molecule has 27 heavy (non-hydrogen) atoms. The lowest BCUT2D eigenvalue weighted by atomic mass is 10.1. The predicted octanol–water partition coefficient (Wildman–Crippen LogP) is 2.33. The van der Waals surface area contributed by atoms with Crippen molar-refractivity contribution in [1.82, 2.24) is 15.0 Å². The maximum Gasteiger partial charge on any atom is 0.242 e. The summed E-state index contributed by atoms with van der Waals surface area (Å²) in [5, 5.41) is 5.40. The third kappa shape index (κ3) is 4.42. The third-order valence-corrected chi connectivity index (χ3v) is 3.94. The number of aromatic nitrogens is 3. The number of nitrogens with one attached hydrogen (secondary N) is 2. The fourth-order valence-electron chi connectivity index (χ4n) is 2.44. The molecule has 1 unspecified atom stereocenters. The van der Waals surface area contributed by atoms with Crippen molar-refractivity contribution in [2.45, 2.75) is 26.3 Å². The van der Waals surface area contributed by atoms with Gasteiger partial charge in [-0.05, 0) is 30.7 Å². The van der Waals surface area contributed by atoms with Crippen molar-refractivity contribution in [1.29, 1.82) is 0 Å². The van der Waals surface area contributed by atoms with Gasteiger partial charge in [0.15, 0.2) is 5.65 Å². The molecule has 0 saturated heterocycles. The number of fused-ring (bicyclic) bond motifs is 1. The standard InChI is InChI=1S/C19H20N6O2/c1-3-14(20)19(27)25-17-9-8-15-18(24-17)23-16(10-21-15)12-4-6-13(7-5-12)22-11(2)26/h4-10,14H,3,20H2,1-2H3,(H,22,26)(H,23,24,25,27). The van der Waals surface area contributed by atoms with Crippen LogP contribution in [0.1, 0.15) is 20.3 Å². The van der Waals surface area contributed by atoms with Gasteiger partial charge >= 0.3 is 0 Å². The molecule has 3 rings (SSSR count). The largest absolute Gasteiger partial charge is 0.326 e. The average Bonchev–Trinajstić information content (AvgIpc) is 2.67. The minimum atomic E-state index is -0.581. The Balaban J connectivity index is 1.87. The van der Waals surface area contributed by atoms with E-state index in [9.17, 15) is 9.59 Å². The summed E-state index contributed by atoms with van der Waals surface area (Å²) in [4.78, 5) is 36.3. The molecule has 1 aromatic carbocycles. The van der Waals surface area contributed by atoms with E-state index in [2.05, 4.69) is 25.6 Å². The van der Waals surface area contributed by atoms with Gasteiger partial charge < -0.3 is 16.4 Å². The summed E-state index contributed by atoms with van der Waals surface area (Å²) in [6.07, 6.45) is 2.19. The monoisotopic (exact) mass is 364 g/mol. The molecule has 138 valence electrons. The summed E-state index contributed by atoms with van der Waals surface area (Å²) in [5.74, 6) is -0.0410. The Kier molecular flexibility index (Phi) is 5.37. The highest BCUT2D eigenvalue weighted by molar-refractivity contribution is 5.94. The van der Waals surface area contributed by atoms with E-state index in [1.54, 1.807) is 30.5 Å². The Hall–Kier alpha value is -3.39. The summed E-state index contributed by atoms with van der Waals surface area (Å²) in [6.45, 7) is 3.30. The number of carbonyl (C=O) groups excluding carboxylic acids is 2. The van der Waals surface area contributed by atoms with E-state index in [0.717, 1.165) is 5.56 Å². The quantitative estimate of drug-likeness (QED) is 0.638. The number of benzene rings is 1. The van der Waals surface area contributed by atoms with Crippen molar-refractivity contribution in [3.05, 3.63) is 42.6 Å². The van der Waals surface area contributed by atoms with Crippen LogP contribution in [-0.4, -0.2) is 32.8 Å². The Morgan fingerprint density at radius 2 is 1.81 bits per heavy atom. The molecule has 1 atom stereocenters. The van der Waals surface area contributed by atoms with Crippen molar-refractivity contribution >= 4 is 34.5 Å². The van der Waals surface area contributed by atoms with Gasteiger partial charge in [-0.15, -0.1) is 0 Å². The molecule has 4 N–H and O–H groups in total. The maximum absolute atomic E-state index is 11.9. The van der Waals surface area contributed by atoms with Crippen LogP contribution in [0.15, 0.2) is 42.6 Å². The topological polar surface area (TPSA) is 123 Å². The highest BCUT2D eigenvalue weighted by Gasteiger charge is 2.12. The zero-order valence-corrected chi connectivity index (χ0v) is 15.1. The Morgan fingerprint density at radius 1 is 1.07 bits per heavy atom.